The second kappa shape index (κ2) is 8.19. The largest absolute Gasteiger partial charge is 0.482 e. The van der Waals surface area contributed by atoms with E-state index in [-0.39, 0.29) is 12.5 Å². The fourth-order valence-corrected chi connectivity index (χ4v) is 4.63. The fraction of sp³-hybridized carbons (Fsp3) is 0.360. The van der Waals surface area contributed by atoms with Gasteiger partial charge in [0.15, 0.2) is 6.61 Å². The van der Waals surface area contributed by atoms with E-state index < -0.39 is 0 Å². The average molecular weight is 417 g/mol. The van der Waals surface area contributed by atoms with Crippen molar-refractivity contribution in [1.82, 2.24) is 14.7 Å². The highest BCUT2D eigenvalue weighted by Crippen LogP contribution is 2.38. The van der Waals surface area contributed by atoms with Gasteiger partial charge in [0.2, 0.25) is 0 Å². The van der Waals surface area contributed by atoms with Gasteiger partial charge in [-0.3, -0.25) is 14.4 Å². The van der Waals surface area contributed by atoms with E-state index in [0.717, 1.165) is 23.4 Å². The molecule has 1 amide bonds. The normalized spacial score (nSPS) is 16.5. The SMILES string of the molecule is Cc1ccc(CN2CCCCC2)cc1-c1cnn(C)c1-c1ccc2c(c1)OCC(=O)N2. The number of carbonyl (C=O) groups excluding carboxylic acids is 1. The van der Waals surface area contributed by atoms with Gasteiger partial charge in [-0.2, -0.15) is 5.10 Å². The number of fused-ring (bicyclic) bond motifs is 1. The first-order valence-corrected chi connectivity index (χ1v) is 11.0. The lowest BCUT2D eigenvalue weighted by atomic mass is 9.95. The fourth-order valence-electron chi connectivity index (χ4n) is 4.63. The topological polar surface area (TPSA) is 59.4 Å². The second-order valence-electron chi connectivity index (χ2n) is 8.56. The van der Waals surface area contributed by atoms with Crippen LogP contribution in [0.2, 0.25) is 0 Å². The van der Waals surface area contributed by atoms with Crippen molar-refractivity contribution >= 4 is 11.6 Å². The number of rotatable bonds is 4. The maximum atomic E-state index is 11.6. The Balaban J connectivity index is 1.51. The Morgan fingerprint density at radius 2 is 1.90 bits per heavy atom. The molecule has 1 fully saturated rings. The van der Waals surface area contributed by atoms with Crippen LogP contribution in [0, 0.1) is 6.92 Å². The Kier molecular flexibility index (Phi) is 5.24. The lowest BCUT2D eigenvalue weighted by molar-refractivity contribution is -0.118. The molecule has 6 heteroatoms. The highest BCUT2D eigenvalue weighted by atomic mass is 16.5. The smallest absolute Gasteiger partial charge is 0.262 e. The monoisotopic (exact) mass is 416 g/mol. The molecule has 0 spiro atoms. The van der Waals surface area contributed by atoms with Crippen molar-refractivity contribution in [3.05, 3.63) is 53.7 Å². The molecule has 0 unspecified atom stereocenters. The average Bonchev–Trinajstić information content (AvgIpc) is 3.16. The van der Waals surface area contributed by atoms with E-state index >= 15 is 0 Å². The van der Waals surface area contributed by atoms with Gasteiger partial charge in [0.05, 0.1) is 17.6 Å². The molecular formula is C25H28N4O2. The maximum Gasteiger partial charge on any atom is 0.262 e. The van der Waals surface area contributed by atoms with Crippen LogP contribution in [0.4, 0.5) is 5.69 Å². The van der Waals surface area contributed by atoms with Crippen molar-refractivity contribution in [2.45, 2.75) is 32.7 Å². The second-order valence-corrected chi connectivity index (χ2v) is 8.56. The number of benzene rings is 2. The number of piperidine rings is 1. The number of ether oxygens (including phenoxy) is 1. The Bertz CT molecular complexity index is 1130. The summed E-state index contributed by atoms with van der Waals surface area (Å²) in [7, 11) is 1.97. The Labute approximate surface area is 182 Å². The van der Waals surface area contributed by atoms with Gasteiger partial charge in [0, 0.05) is 24.7 Å². The minimum Gasteiger partial charge on any atom is -0.482 e. The van der Waals surface area contributed by atoms with E-state index in [0.29, 0.717) is 11.4 Å². The van der Waals surface area contributed by atoms with E-state index in [1.54, 1.807) is 0 Å². The van der Waals surface area contributed by atoms with Gasteiger partial charge in [-0.1, -0.05) is 24.6 Å². The molecule has 31 heavy (non-hydrogen) atoms. The third kappa shape index (κ3) is 3.95. The summed E-state index contributed by atoms with van der Waals surface area (Å²) in [6, 6.07) is 12.7. The van der Waals surface area contributed by atoms with E-state index in [4.69, 9.17) is 4.74 Å². The quantitative estimate of drug-likeness (QED) is 0.686. The molecule has 3 heterocycles. The molecule has 160 valence electrons. The number of nitrogens with one attached hydrogen (secondary N) is 1. The molecule has 6 nitrogen and oxygen atoms in total. The number of hydrogen-bond acceptors (Lipinski definition) is 4. The van der Waals surface area contributed by atoms with Crippen LogP contribution in [-0.2, 0) is 18.4 Å². The first-order valence-electron chi connectivity index (χ1n) is 11.0. The van der Waals surface area contributed by atoms with Gasteiger partial charge in [0.25, 0.3) is 5.91 Å². The standard InChI is InChI=1S/C25H28N4O2/c1-17-6-7-18(15-29-10-4-3-5-11-29)12-20(17)21-14-26-28(2)25(21)19-8-9-22-23(13-19)31-16-24(30)27-22/h6-9,12-14H,3-5,10-11,15-16H2,1-2H3,(H,27,30). The van der Waals surface area contributed by atoms with Gasteiger partial charge < -0.3 is 10.1 Å². The first-order chi connectivity index (χ1) is 15.1. The maximum absolute atomic E-state index is 11.6. The molecule has 2 aliphatic rings. The van der Waals surface area contributed by atoms with Crippen LogP contribution in [0.3, 0.4) is 0 Å². The van der Waals surface area contributed by atoms with E-state index in [2.05, 4.69) is 40.4 Å². The summed E-state index contributed by atoms with van der Waals surface area (Å²) in [4.78, 5) is 14.1. The molecule has 3 aromatic rings. The highest BCUT2D eigenvalue weighted by Gasteiger charge is 2.20. The minimum atomic E-state index is -0.123. The predicted octanol–water partition coefficient (Wildman–Crippen LogP) is 4.38. The van der Waals surface area contributed by atoms with Crippen LogP contribution in [0.5, 0.6) is 5.75 Å². The van der Waals surface area contributed by atoms with Gasteiger partial charge in [0.1, 0.15) is 5.75 Å². The Morgan fingerprint density at radius 3 is 2.74 bits per heavy atom. The number of anilines is 1. The number of carbonyl (C=O) groups is 1. The van der Waals surface area contributed by atoms with Crippen LogP contribution < -0.4 is 10.1 Å². The highest BCUT2D eigenvalue weighted by molar-refractivity contribution is 5.96. The van der Waals surface area contributed by atoms with Crippen LogP contribution in [0.15, 0.2) is 42.6 Å². The van der Waals surface area contributed by atoms with Crippen LogP contribution in [-0.4, -0.2) is 40.3 Å². The van der Waals surface area contributed by atoms with Crippen molar-refractivity contribution in [2.24, 2.45) is 7.05 Å². The lowest BCUT2D eigenvalue weighted by Crippen LogP contribution is -2.29. The van der Waals surface area contributed by atoms with E-state index in [9.17, 15) is 4.79 Å². The molecule has 5 rings (SSSR count). The molecule has 0 atom stereocenters. The summed E-state index contributed by atoms with van der Waals surface area (Å²) in [6.45, 7) is 5.57. The molecule has 2 aromatic carbocycles. The van der Waals surface area contributed by atoms with Gasteiger partial charge in [-0.15, -0.1) is 0 Å². The number of aryl methyl sites for hydroxylation is 2. The van der Waals surface area contributed by atoms with Crippen molar-refractivity contribution < 1.29 is 9.53 Å². The molecule has 2 aliphatic heterocycles. The first kappa shape index (κ1) is 19.8. The number of amides is 1. The predicted molar refractivity (Wildman–Crippen MR) is 122 cm³/mol. The summed E-state index contributed by atoms with van der Waals surface area (Å²) in [6.07, 6.45) is 5.89. The van der Waals surface area contributed by atoms with Crippen LogP contribution >= 0.6 is 0 Å². The lowest BCUT2D eigenvalue weighted by Gasteiger charge is -2.26. The molecular weight excluding hydrogens is 388 g/mol. The van der Waals surface area contributed by atoms with Crippen molar-refractivity contribution in [3.8, 4) is 28.1 Å². The van der Waals surface area contributed by atoms with E-state index in [1.807, 2.05) is 36.1 Å². The number of aromatic nitrogens is 2. The van der Waals surface area contributed by atoms with Gasteiger partial charge >= 0.3 is 0 Å². The molecule has 1 saturated heterocycles. The zero-order valence-electron chi connectivity index (χ0n) is 18.1. The zero-order chi connectivity index (χ0) is 21.4. The molecule has 0 radical (unpaired) electrons. The Morgan fingerprint density at radius 1 is 1.06 bits per heavy atom. The zero-order valence-corrected chi connectivity index (χ0v) is 18.1. The van der Waals surface area contributed by atoms with Crippen LogP contribution in [0.1, 0.15) is 30.4 Å². The summed E-state index contributed by atoms with van der Waals surface area (Å²) in [5.41, 5.74) is 7.67. The molecule has 0 bridgehead atoms. The van der Waals surface area contributed by atoms with Gasteiger partial charge in [-0.05, 0) is 67.7 Å². The third-order valence-electron chi connectivity index (χ3n) is 6.27. The molecule has 1 N–H and O–H groups in total. The Hall–Kier alpha value is -3.12. The summed E-state index contributed by atoms with van der Waals surface area (Å²) < 4.78 is 7.55. The van der Waals surface area contributed by atoms with Crippen molar-refractivity contribution in [1.29, 1.82) is 0 Å². The number of hydrogen-bond donors (Lipinski definition) is 1. The van der Waals surface area contributed by atoms with Gasteiger partial charge in [-0.25, -0.2) is 0 Å². The van der Waals surface area contributed by atoms with E-state index in [1.165, 1.54) is 49.0 Å². The van der Waals surface area contributed by atoms with Crippen LogP contribution in [0.25, 0.3) is 22.4 Å². The minimum absolute atomic E-state index is 0.0480. The summed E-state index contributed by atoms with van der Waals surface area (Å²) in [5, 5.41) is 7.43. The third-order valence-corrected chi connectivity index (χ3v) is 6.27. The summed E-state index contributed by atoms with van der Waals surface area (Å²) in [5.74, 6) is 0.572. The summed E-state index contributed by atoms with van der Waals surface area (Å²) >= 11 is 0. The molecule has 0 aliphatic carbocycles. The van der Waals surface area contributed by atoms with Crippen molar-refractivity contribution in [3.63, 3.8) is 0 Å². The molecule has 1 aromatic heterocycles. The molecule has 0 saturated carbocycles. The number of nitrogens with zero attached hydrogens (tertiary/aromatic N) is 3. The number of likely N-dealkylation sites (tertiary alicyclic amines) is 1. The van der Waals surface area contributed by atoms with Crippen molar-refractivity contribution in [2.75, 3.05) is 25.0 Å².